The molecule has 0 radical (unpaired) electrons. The molecule has 0 saturated carbocycles. The number of nitrogens with one attached hydrogen (secondary N) is 1. The van der Waals surface area contributed by atoms with Crippen LogP contribution in [0.2, 0.25) is 0 Å². The summed E-state index contributed by atoms with van der Waals surface area (Å²) in [7, 11) is 1.57. The highest BCUT2D eigenvalue weighted by molar-refractivity contribution is 5.73. The van der Waals surface area contributed by atoms with Gasteiger partial charge >= 0.3 is 5.97 Å². The zero-order valence-electron chi connectivity index (χ0n) is 12.5. The number of benzene rings is 1. The summed E-state index contributed by atoms with van der Waals surface area (Å²) >= 11 is 0. The number of methoxy groups -OCH3 is 1. The van der Waals surface area contributed by atoms with Crippen LogP contribution in [-0.4, -0.2) is 37.4 Å². The minimum absolute atomic E-state index is 0.00149. The number of carboxylic acids is 1. The normalized spacial score (nSPS) is 14.9. The second-order valence-corrected chi connectivity index (χ2v) is 5.26. The Balaban J connectivity index is 2.15. The fourth-order valence-corrected chi connectivity index (χ4v) is 2.27. The minimum atomic E-state index is -0.852. The average Bonchev–Trinajstić information content (AvgIpc) is 2.45. The van der Waals surface area contributed by atoms with Crippen molar-refractivity contribution in [2.45, 2.75) is 26.4 Å². The molecule has 0 saturated heterocycles. The summed E-state index contributed by atoms with van der Waals surface area (Å²) in [6.45, 7) is 5.15. The van der Waals surface area contributed by atoms with Gasteiger partial charge in [0, 0.05) is 6.54 Å². The molecule has 6 heteroatoms. The number of aliphatic carboxylic acids is 1. The summed E-state index contributed by atoms with van der Waals surface area (Å²) in [6, 6.07) is 3.09. The predicted molar refractivity (Wildman–Crippen MR) is 77.1 cm³/mol. The number of hydrogen-bond donors (Lipinski definition) is 2. The Labute approximate surface area is 124 Å². The van der Waals surface area contributed by atoms with Crippen LogP contribution in [0.4, 0.5) is 0 Å². The van der Waals surface area contributed by atoms with Crippen molar-refractivity contribution < 1.29 is 24.1 Å². The first-order valence-corrected chi connectivity index (χ1v) is 6.95. The van der Waals surface area contributed by atoms with Crippen molar-refractivity contribution in [2.75, 3.05) is 20.3 Å². The molecule has 2 rings (SSSR count). The Morgan fingerprint density at radius 3 is 2.71 bits per heavy atom. The minimum Gasteiger partial charge on any atom is -0.493 e. The highest BCUT2D eigenvalue weighted by Gasteiger charge is 2.22. The molecule has 0 bridgehead atoms. The lowest BCUT2D eigenvalue weighted by Gasteiger charge is -2.22. The SMILES string of the molecule is COc1cc(CNC(C(=O)O)C(C)C)cc2c1OCCO2. The van der Waals surface area contributed by atoms with Gasteiger partial charge in [-0.05, 0) is 23.6 Å². The Kier molecular flexibility index (Phi) is 4.90. The molecule has 21 heavy (non-hydrogen) atoms. The van der Waals surface area contributed by atoms with Crippen LogP contribution in [0.1, 0.15) is 19.4 Å². The van der Waals surface area contributed by atoms with Crippen molar-refractivity contribution in [3.63, 3.8) is 0 Å². The van der Waals surface area contributed by atoms with Gasteiger partial charge in [0.15, 0.2) is 11.5 Å². The maximum absolute atomic E-state index is 11.2. The molecule has 2 N–H and O–H groups in total. The molecule has 116 valence electrons. The number of ether oxygens (including phenoxy) is 3. The summed E-state index contributed by atoms with van der Waals surface area (Å²) in [5, 5.41) is 12.2. The zero-order valence-corrected chi connectivity index (χ0v) is 12.5. The van der Waals surface area contributed by atoms with E-state index in [4.69, 9.17) is 14.2 Å². The second-order valence-electron chi connectivity index (χ2n) is 5.26. The summed E-state index contributed by atoms with van der Waals surface area (Å²) in [6.07, 6.45) is 0. The molecule has 6 nitrogen and oxygen atoms in total. The molecule has 1 aromatic rings. The van der Waals surface area contributed by atoms with Crippen LogP contribution in [0.3, 0.4) is 0 Å². The second kappa shape index (κ2) is 6.67. The van der Waals surface area contributed by atoms with E-state index >= 15 is 0 Å². The van der Waals surface area contributed by atoms with Crippen molar-refractivity contribution in [1.82, 2.24) is 5.32 Å². The standard InChI is InChI=1S/C15H21NO5/c1-9(2)13(15(17)18)16-8-10-6-11(19-3)14-12(7-10)20-4-5-21-14/h6-7,9,13,16H,4-5,8H2,1-3H3,(H,17,18). The lowest BCUT2D eigenvalue weighted by atomic mass is 10.0. The zero-order chi connectivity index (χ0) is 15.4. The van der Waals surface area contributed by atoms with Crippen LogP contribution in [0.15, 0.2) is 12.1 Å². The average molecular weight is 295 g/mol. The Morgan fingerprint density at radius 2 is 2.10 bits per heavy atom. The lowest BCUT2D eigenvalue weighted by Crippen LogP contribution is -2.40. The van der Waals surface area contributed by atoms with Gasteiger partial charge in [-0.2, -0.15) is 0 Å². The third kappa shape index (κ3) is 3.58. The van der Waals surface area contributed by atoms with E-state index in [9.17, 15) is 9.90 Å². The van der Waals surface area contributed by atoms with E-state index in [0.717, 1.165) is 5.56 Å². The van der Waals surface area contributed by atoms with Gasteiger partial charge in [0.25, 0.3) is 0 Å². The van der Waals surface area contributed by atoms with E-state index in [-0.39, 0.29) is 5.92 Å². The summed E-state index contributed by atoms with van der Waals surface area (Å²) in [4.78, 5) is 11.2. The molecule has 1 aromatic carbocycles. The van der Waals surface area contributed by atoms with Crippen molar-refractivity contribution in [1.29, 1.82) is 0 Å². The van der Waals surface area contributed by atoms with Crippen LogP contribution in [0, 0.1) is 5.92 Å². The van der Waals surface area contributed by atoms with Gasteiger partial charge in [-0.3, -0.25) is 4.79 Å². The first-order valence-electron chi connectivity index (χ1n) is 6.95. The third-order valence-corrected chi connectivity index (χ3v) is 3.35. The molecule has 1 aliphatic heterocycles. The first kappa shape index (κ1) is 15.4. The number of carbonyl (C=O) groups is 1. The van der Waals surface area contributed by atoms with Crippen LogP contribution in [-0.2, 0) is 11.3 Å². The van der Waals surface area contributed by atoms with Crippen molar-refractivity contribution in [2.24, 2.45) is 5.92 Å². The molecule has 1 aliphatic rings. The van der Waals surface area contributed by atoms with E-state index in [0.29, 0.717) is 37.0 Å². The lowest BCUT2D eigenvalue weighted by molar-refractivity contribution is -0.140. The number of fused-ring (bicyclic) bond motifs is 1. The molecule has 0 fully saturated rings. The van der Waals surface area contributed by atoms with E-state index in [1.165, 1.54) is 0 Å². The Bertz CT molecular complexity index is 498. The van der Waals surface area contributed by atoms with Crippen molar-refractivity contribution >= 4 is 5.97 Å². The van der Waals surface area contributed by atoms with Gasteiger partial charge in [-0.1, -0.05) is 13.8 Å². The van der Waals surface area contributed by atoms with Crippen LogP contribution >= 0.6 is 0 Å². The van der Waals surface area contributed by atoms with Crippen LogP contribution in [0.5, 0.6) is 17.2 Å². The quantitative estimate of drug-likeness (QED) is 0.831. The molecule has 0 aliphatic carbocycles. The van der Waals surface area contributed by atoms with Crippen LogP contribution in [0.25, 0.3) is 0 Å². The molecular formula is C15H21NO5. The summed E-state index contributed by atoms with van der Waals surface area (Å²) in [5.41, 5.74) is 0.892. The Morgan fingerprint density at radius 1 is 1.38 bits per heavy atom. The smallest absolute Gasteiger partial charge is 0.320 e. The first-order chi connectivity index (χ1) is 10.0. The van der Waals surface area contributed by atoms with Crippen molar-refractivity contribution in [3.05, 3.63) is 17.7 Å². The number of rotatable bonds is 6. The maximum Gasteiger partial charge on any atom is 0.320 e. The number of carboxylic acid groups (broad SMARTS) is 1. The van der Waals surface area contributed by atoms with Gasteiger partial charge in [0.1, 0.15) is 19.3 Å². The maximum atomic E-state index is 11.2. The molecule has 0 aromatic heterocycles. The molecule has 0 amide bonds. The largest absolute Gasteiger partial charge is 0.493 e. The summed E-state index contributed by atoms with van der Waals surface area (Å²) in [5.74, 6) is 0.983. The Hall–Kier alpha value is -1.95. The summed E-state index contributed by atoms with van der Waals surface area (Å²) < 4.78 is 16.4. The number of hydrogen-bond acceptors (Lipinski definition) is 5. The molecule has 0 spiro atoms. The van der Waals surface area contributed by atoms with Gasteiger partial charge in [0.05, 0.1) is 7.11 Å². The highest BCUT2D eigenvalue weighted by atomic mass is 16.6. The topological polar surface area (TPSA) is 77.0 Å². The third-order valence-electron chi connectivity index (χ3n) is 3.35. The van der Waals surface area contributed by atoms with Gasteiger partial charge < -0.3 is 24.6 Å². The van der Waals surface area contributed by atoms with Gasteiger partial charge in [-0.25, -0.2) is 0 Å². The van der Waals surface area contributed by atoms with E-state index in [1.54, 1.807) is 7.11 Å². The van der Waals surface area contributed by atoms with Gasteiger partial charge in [0.2, 0.25) is 5.75 Å². The molecule has 1 unspecified atom stereocenters. The highest BCUT2D eigenvalue weighted by Crippen LogP contribution is 2.40. The van der Waals surface area contributed by atoms with E-state index < -0.39 is 12.0 Å². The fourth-order valence-electron chi connectivity index (χ4n) is 2.27. The molecular weight excluding hydrogens is 274 g/mol. The van der Waals surface area contributed by atoms with E-state index in [2.05, 4.69) is 5.32 Å². The predicted octanol–water partition coefficient (Wildman–Crippen LogP) is 1.67. The van der Waals surface area contributed by atoms with E-state index in [1.807, 2.05) is 26.0 Å². The van der Waals surface area contributed by atoms with Crippen LogP contribution < -0.4 is 19.5 Å². The van der Waals surface area contributed by atoms with Gasteiger partial charge in [-0.15, -0.1) is 0 Å². The molecule has 1 atom stereocenters. The van der Waals surface area contributed by atoms with Crippen molar-refractivity contribution in [3.8, 4) is 17.2 Å². The molecule has 1 heterocycles. The fraction of sp³-hybridized carbons (Fsp3) is 0.533. The monoisotopic (exact) mass is 295 g/mol.